The number of aliphatic hydroxyl groups excluding tert-OH is 1. The monoisotopic (exact) mass is 475 g/mol. The Labute approximate surface area is 203 Å². The highest BCUT2D eigenvalue weighted by molar-refractivity contribution is 6.74. The van der Waals surface area contributed by atoms with Crippen molar-refractivity contribution < 1.29 is 14.3 Å². The van der Waals surface area contributed by atoms with Crippen molar-refractivity contribution in [1.82, 2.24) is 4.90 Å². The third kappa shape index (κ3) is 4.08. The summed E-state index contributed by atoms with van der Waals surface area (Å²) in [4.78, 5) is 15.3. The summed E-state index contributed by atoms with van der Waals surface area (Å²) in [6.07, 6.45) is 11.3. The highest BCUT2D eigenvalue weighted by atomic mass is 28.4. The van der Waals surface area contributed by atoms with Crippen molar-refractivity contribution in [3.05, 3.63) is 11.6 Å². The molecule has 1 N–H and O–H groups in total. The van der Waals surface area contributed by atoms with Crippen molar-refractivity contribution in [2.75, 3.05) is 6.61 Å². The summed E-state index contributed by atoms with van der Waals surface area (Å²) in [5.74, 6) is 2.05. The molecular formula is C28H49NO3Si. The van der Waals surface area contributed by atoms with E-state index >= 15 is 0 Å². The van der Waals surface area contributed by atoms with Crippen LogP contribution in [0.3, 0.4) is 0 Å². The zero-order valence-electron chi connectivity index (χ0n) is 22.5. The maximum atomic E-state index is 13.2. The van der Waals surface area contributed by atoms with Crippen LogP contribution in [0.4, 0.5) is 0 Å². The quantitative estimate of drug-likeness (QED) is 0.375. The molecule has 3 aliphatic carbocycles. The van der Waals surface area contributed by atoms with E-state index in [4.69, 9.17) is 4.43 Å². The van der Waals surface area contributed by atoms with Gasteiger partial charge in [0.15, 0.2) is 8.32 Å². The second kappa shape index (κ2) is 8.48. The van der Waals surface area contributed by atoms with Gasteiger partial charge in [0.1, 0.15) is 0 Å². The number of amides is 1. The lowest BCUT2D eigenvalue weighted by Gasteiger charge is -2.58. The molecular weight excluding hydrogens is 426 g/mol. The molecule has 7 atom stereocenters. The standard InChI is InChI=1S/C28H49NO3Si/c1-19(13-16-30)29-25(31)18-24-22-10-9-20-17-21(32-33(7,8)26(2,3)4)11-14-27(20,5)23(22)12-15-28(24,29)6/h9,19,21-24,30H,10-18H2,1-8H3/t19-,21+,22-,23+,24+,27+,28+/m1/s1. The molecule has 0 aromatic carbocycles. The van der Waals surface area contributed by atoms with E-state index in [0.29, 0.717) is 42.6 Å². The van der Waals surface area contributed by atoms with Gasteiger partial charge in [-0.25, -0.2) is 0 Å². The van der Waals surface area contributed by atoms with E-state index in [9.17, 15) is 9.90 Å². The minimum absolute atomic E-state index is 0.0445. The van der Waals surface area contributed by atoms with E-state index in [1.165, 1.54) is 19.3 Å². The van der Waals surface area contributed by atoms with E-state index in [2.05, 4.69) is 65.6 Å². The van der Waals surface area contributed by atoms with Crippen molar-refractivity contribution in [3.63, 3.8) is 0 Å². The third-order valence-electron chi connectivity index (χ3n) is 10.9. The molecule has 0 unspecified atom stereocenters. The average molecular weight is 476 g/mol. The van der Waals surface area contributed by atoms with Gasteiger partial charge in [0.05, 0.1) is 0 Å². The normalized spacial score (nSPS) is 40.1. The Hall–Kier alpha value is -0.653. The first-order valence-corrected chi connectivity index (χ1v) is 16.5. The van der Waals surface area contributed by atoms with Gasteiger partial charge < -0.3 is 14.4 Å². The first-order valence-electron chi connectivity index (χ1n) is 13.5. The largest absolute Gasteiger partial charge is 0.414 e. The summed E-state index contributed by atoms with van der Waals surface area (Å²) in [5, 5.41) is 9.75. The lowest BCUT2D eigenvalue weighted by Crippen LogP contribution is -2.58. The van der Waals surface area contributed by atoms with Gasteiger partial charge in [-0.15, -0.1) is 0 Å². The summed E-state index contributed by atoms with van der Waals surface area (Å²) in [5.41, 5.74) is 1.87. The molecule has 188 valence electrons. The van der Waals surface area contributed by atoms with Crippen LogP contribution in [0.25, 0.3) is 0 Å². The van der Waals surface area contributed by atoms with E-state index in [1.54, 1.807) is 5.57 Å². The van der Waals surface area contributed by atoms with Crippen molar-refractivity contribution in [2.45, 2.75) is 129 Å². The molecule has 0 bridgehead atoms. The summed E-state index contributed by atoms with van der Waals surface area (Å²) in [7, 11) is -1.76. The van der Waals surface area contributed by atoms with Crippen LogP contribution in [-0.4, -0.2) is 48.5 Å². The maximum Gasteiger partial charge on any atom is 0.223 e. The van der Waals surface area contributed by atoms with Crippen molar-refractivity contribution in [3.8, 4) is 0 Å². The molecule has 4 aliphatic rings. The lowest BCUT2D eigenvalue weighted by atomic mass is 9.49. The van der Waals surface area contributed by atoms with Crippen LogP contribution < -0.4 is 0 Å². The topological polar surface area (TPSA) is 49.8 Å². The Kier molecular flexibility index (Phi) is 6.54. The van der Waals surface area contributed by atoms with Crippen LogP contribution in [0.2, 0.25) is 18.1 Å². The van der Waals surface area contributed by atoms with Crippen LogP contribution in [0, 0.1) is 23.2 Å². The third-order valence-corrected chi connectivity index (χ3v) is 15.4. The van der Waals surface area contributed by atoms with E-state index in [1.807, 2.05) is 0 Å². The highest BCUT2D eigenvalue weighted by Crippen LogP contribution is 2.63. The Balaban J connectivity index is 1.54. The molecule has 1 saturated heterocycles. The number of fused-ring (bicyclic) bond motifs is 5. The number of hydrogen-bond acceptors (Lipinski definition) is 3. The first kappa shape index (κ1) is 25.4. The minimum Gasteiger partial charge on any atom is -0.414 e. The second-order valence-electron chi connectivity index (χ2n) is 13.7. The number of likely N-dealkylation sites (tertiary alicyclic amines) is 1. The molecule has 33 heavy (non-hydrogen) atoms. The number of aliphatic hydroxyl groups is 1. The second-order valence-corrected chi connectivity index (χ2v) is 18.5. The highest BCUT2D eigenvalue weighted by Gasteiger charge is 2.61. The van der Waals surface area contributed by atoms with Gasteiger partial charge in [-0.05, 0) is 100 Å². The molecule has 0 spiro atoms. The van der Waals surface area contributed by atoms with Gasteiger partial charge in [0.2, 0.25) is 5.91 Å². The summed E-state index contributed by atoms with van der Waals surface area (Å²) in [6, 6.07) is 0.127. The van der Waals surface area contributed by atoms with Gasteiger partial charge >= 0.3 is 0 Å². The van der Waals surface area contributed by atoms with E-state index < -0.39 is 8.32 Å². The van der Waals surface area contributed by atoms with Crippen LogP contribution in [0.5, 0.6) is 0 Å². The number of nitrogens with zero attached hydrogens (tertiary/aromatic N) is 1. The maximum absolute atomic E-state index is 13.2. The summed E-state index contributed by atoms with van der Waals surface area (Å²) in [6.45, 7) is 18.9. The molecule has 1 aliphatic heterocycles. The minimum atomic E-state index is -1.76. The van der Waals surface area contributed by atoms with Crippen molar-refractivity contribution in [2.24, 2.45) is 23.2 Å². The molecule has 4 nitrogen and oxygen atoms in total. The van der Waals surface area contributed by atoms with Crippen molar-refractivity contribution in [1.29, 1.82) is 0 Å². The molecule has 1 heterocycles. The number of allylic oxidation sites excluding steroid dienone is 1. The van der Waals surface area contributed by atoms with Gasteiger partial charge in [0, 0.05) is 30.7 Å². The fourth-order valence-corrected chi connectivity index (χ4v) is 9.32. The molecule has 0 aromatic rings. The SMILES string of the molecule is C[C@H](CCO)N1C(=O)C[C@H]2[C@@H]3CC=C4C[C@@H](O[Si](C)(C)C(C)(C)C)CC[C@]4(C)[C@H]3CC[C@@]21C. The molecule has 1 amide bonds. The smallest absolute Gasteiger partial charge is 0.223 e. The van der Waals surface area contributed by atoms with E-state index in [0.717, 1.165) is 19.3 Å². The Morgan fingerprint density at radius 2 is 1.88 bits per heavy atom. The lowest BCUT2D eigenvalue weighted by molar-refractivity contribution is -0.135. The van der Waals surface area contributed by atoms with Gasteiger partial charge in [0.25, 0.3) is 0 Å². The molecule has 5 heteroatoms. The van der Waals surface area contributed by atoms with Crippen LogP contribution >= 0.6 is 0 Å². The van der Waals surface area contributed by atoms with Crippen LogP contribution in [-0.2, 0) is 9.22 Å². The predicted octanol–water partition coefficient (Wildman–Crippen LogP) is 6.30. The zero-order valence-corrected chi connectivity index (χ0v) is 23.5. The van der Waals surface area contributed by atoms with Gasteiger partial charge in [-0.1, -0.05) is 39.3 Å². The van der Waals surface area contributed by atoms with Gasteiger partial charge in [-0.3, -0.25) is 4.79 Å². The Morgan fingerprint density at radius 3 is 2.52 bits per heavy atom. The van der Waals surface area contributed by atoms with Gasteiger partial charge in [-0.2, -0.15) is 0 Å². The van der Waals surface area contributed by atoms with Crippen LogP contribution in [0.1, 0.15) is 92.9 Å². The van der Waals surface area contributed by atoms with E-state index in [-0.39, 0.29) is 28.6 Å². The number of hydrogen-bond donors (Lipinski definition) is 1. The fourth-order valence-electron chi connectivity index (χ4n) is 7.93. The number of carbonyl (C=O) groups excluding carboxylic acids is 1. The zero-order chi connectivity index (χ0) is 24.4. The Bertz CT molecular complexity index is 801. The molecule has 0 aromatic heterocycles. The summed E-state index contributed by atoms with van der Waals surface area (Å²) < 4.78 is 6.86. The number of rotatable bonds is 5. The number of carbonyl (C=O) groups is 1. The van der Waals surface area contributed by atoms with Crippen molar-refractivity contribution >= 4 is 14.2 Å². The average Bonchev–Trinajstić information content (AvgIpc) is 2.97. The fraction of sp³-hybridized carbons (Fsp3) is 0.893. The predicted molar refractivity (Wildman–Crippen MR) is 137 cm³/mol. The summed E-state index contributed by atoms with van der Waals surface area (Å²) >= 11 is 0. The first-order chi connectivity index (χ1) is 15.2. The Morgan fingerprint density at radius 1 is 1.18 bits per heavy atom. The molecule has 4 rings (SSSR count). The molecule has 3 fully saturated rings. The molecule has 0 radical (unpaired) electrons. The molecule has 2 saturated carbocycles. The van der Waals surface area contributed by atoms with Crippen LogP contribution in [0.15, 0.2) is 11.6 Å².